The van der Waals surface area contributed by atoms with E-state index in [2.05, 4.69) is 20.8 Å². The molecule has 0 aliphatic heterocycles. The fourth-order valence-electron chi connectivity index (χ4n) is 1.31. The number of halogens is 1. The minimum absolute atomic E-state index is 0.0795. The van der Waals surface area contributed by atoms with Crippen molar-refractivity contribution in [2.75, 3.05) is 6.61 Å². The Labute approximate surface area is 125 Å². The Morgan fingerprint density at radius 2 is 2.05 bits per heavy atom. The first-order chi connectivity index (χ1) is 8.70. The summed E-state index contributed by atoms with van der Waals surface area (Å²) in [5.41, 5.74) is 0.211. The van der Waals surface area contributed by atoms with Crippen molar-refractivity contribution in [3.8, 4) is 0 Å². The molecule has 1 aromatic rings. The van der Waals surface area contributed by atoms with Gasteiger partial charge in [0.25, 0.3) is 5.69 Å². The molecule has 0 N–H and O–H groups in total. The number of carbonyl (C=O) groups is 1. The molecule has 1 aromatic carbocycles. The number of nitro groups is 1. The summed E-state index contributed by atoms with van der Waals surface area (Å²) in [4.78, 5) is 22.0. The van der Waals surface area contributed by atoms with Crippen LogP contribution in [0.1, 0.15) is 37.6 Å². The zero-order valence-electron chi connectivity index (χ0n) is 11.1. The number of carbonyl (C=O) groups excluding carboxylic acids is 1. The van der Waals surface area contributed by atoms with Crippen LogP contribution in [-0.4, -0.2) is 17.5 Å². The number of ether oxygens (including phenoxy) is 1. The first-order valence-corrected chi connectivity index (χ1v) is 6.89. The van der Waals surface area contributed by atoms with Gasteiger partial charge in [-0.2, -0.15) is 0 Å². The summed E-state index contributed by atoms with van der Waals surface area (Å²) in [6.07, 6.45) is 0.740. The van der Waals surface area contributed by atoms with Crippen LogP contribution in [0.15, 0.2) is 18.2 Å². The standard InChI is InChI=1S/C13H16INO4/c1-13(2,3)6-7-19-12(16)10-8-9(15(17)18)4-5-11(10)14/h4-5,8H,6-7H2,1-3H3. The molecule has 0 aliphatic carbocycles. The third-order valence-corrected chi connectivity index (χ3v) is 3.41. The molecular weight excluding hydrogens is 361 g/mol. The predicted octanol–water partition coefficient (Wildman–Crippen LogP) is 3.79. The van der Waals surface area contributed by atoms with Gasteiger partial charge in [-0.1, -0.05) is 20.8 Å². The lowest BCUT2D eigenvalue weighted by Gasteiger charge is -2.17. The molecule has 0 aliphatic rings. The lowest BCUT2D eigenvalue weighted by Crippen LogP contribution is -2.14. The zero-order chi connectivity index (χ0) is 14.6. The van der Waals surface area contributed by atoms with Crippen LogP contribution in [0.3, 0.4) is 0 Å². The first-order valence-electron chi connectivity index (χ1n) is 5.82. The Hall–Kier alpha value is -1.18. The average Bonchev–Trinajstić information content (AvgIpc) is 2.27. The Morgan fingerprint density at radius 1 is 1.42 bits per heavy atom. The van der Waals surface area contributed by atoms with Crippen LogP contribution in [-0.2, 0) is 4.74 Å². The van der Waals surface area contributed by atoms with Crippen molar-refractivity contribution in [3.63, 3.8) is 0 Å². The van der Waals surface area contributed by atoms with Crippen molar-refractivity contribution >= 4 is 34.2 Å². The SMILES string of the molecule is CC(C)(C)CCOC(=O)c1cc([N+](=O)[O-])ccc1I. The Kier molecular flexibility index (Phi) is 5.28. The highest BCUT2D eigenvalue weighted by molar-refractivity contribution is 14.1. The van der Waals surface area contributed by atoms with Gasteiger partial charge in [-0.3, -0.25) is 10.1 Å². The van der Waals surface area contributed by atoms with Gasteiger partial charge >= 0.3 is 5.97 Å². The van der Waals surface area contributed by atoms with Crippen molar-refractivity contribution < 1.29 is 14.5 Å². The Bertz CT molecular complexity index is 494. The van der Waals surface area contributed by atoms with E-state index in [0.29, 0.717) is 10.2 Å². The molecule has 1 rings (SSSR count). The fraction of sp³-hybridized carbons (Fsp3) is 0.462. The fourth-order valence-corrected chi connectivity index (χ4v) is 1.87. The lowest BCUT2D eigenvalue weighted by atomic mass is 9.93. The molecule has 0 aromatic heterocycles. The topological polar surface area (TPSA) is 69.4 Å². The predicted molar refractivity (Wildman–Crippen MR) is 80.2 cm³/mol. The molecule has 0 radical (unpaired) electrons. The maximum absolute atomic E-state index is 11.9. The maximum atomic E-state index is 11.9. The highest BCUT2D eigenvalue weighted by Crippen LogP contribution is 2.22. The normalized spacial score (nSPS) is 11.2. The molecule has 0 heterocycles. The molecule has 104 valence electrons. The van der Waals surface area contributed by atoms with Crippen molar-refractivity contribution in [1.82, 2.24) is 0 Å². The Morgan fingerprint density at radius 3 is 2.58 bits per heavy atom. The van der Waals surface area contributed by atoms with E-state index in [-0.39, 0.29) is 16.7 Å². The van der Waals surface area contributed by atoms with Gasteiger partial charge in [-0.25, -0.2) is 4.79 Å². The summed E-state index contributed by atoms with van der Waals surface area (Å²) in [5.74, 6) is -0.516. The second-order valence-electron chi connectivity index (χ2n) is 5.37. The van der Waals surface area contributed by atoms with Crippen LogP contribution < -0.4 is 0 Å². The zero-order valence-corrected chi connectivity index (χ0v) is 13.3. The molecule has 0 unspecified atom stereocenters. The van der Waals surface area contributed by atoms with Gasteiger partial charge in [0.2, 0.25) is 0 Å². The van der Waals surface area contributed by atoms with E-state index in [1.54, 1.807) is 6.07 Å². The smallest absolute Gasteiger partial charge is 0.339 e. The summed E-state index contributed by atoms with van der Waals surface area (Å²) in [6.45, 7) is 6.47. The van der Waals surface area contributed by atoms with E-state index >= 15 is 0 Å². The number of nitro benzene ring substituents is 1. The van der Waals surface area contributed by atoms with E-state index in [9.17, 15) is 14.9 Å². The minimum atomic E-state index is -0.526. The van der Waals surface area contributed by atoms with Crippen molar-refractivity contribution in [1.29, 1.82) is 0 Å². The largest absolute Gasteiger partial charge is 0.462 e. The van der Waals surface area contributed by atoms with Crippen molar-refractivity contribution in [3.05, 3.63) is 37.4 Å². The number of esters is 1. The first kappa shape index (κ1) is 15.9. The second kappa shape index (κ2) is 6.31. The van der Waals surface area contributed by atoms with Crippen LogP contribution >= 0.6 is 22.6 Å². The number of hydrogen-bond acceptors (Lipinski definition) is 4. The molecular formula is C13H16INO4. The molecule has 0 amide bonds. The lowest BCUT2D eigenvalue weighted by molar-refractivity contribution is -0.384. The molecule has 0 bridgehead atoms. The molecule has 0 saturated carbocycles. The molecule has 0 atom stereocenters. The maximum Gasteiger partial charge on any atom is 0.339 e. The number of benzene rings is 1. The van der Waals surface area contributed by atoms with Gasteiger partial charge in [0.15, 0.2) is 0 Å². The van der Waals surface area contributed by atoms with E-state index in [0.717, 1.165) is 6.42 Å². The van der Waals surface area contributed by atoms with Gasteiger partial charge < -0.3 is 4.74 Å². The highest BCUT2D eigenvalue weighted by atomic mass is 127. The van der Waals surface area contributed by atoms with Crippen molar-refractivity contribution in [2.24, 2.45) is 5.41 Å². The van der Waals surface area contributed by atoms with E-state index < -0.39 is 10.9 Å². The Balaban J connectivity index is 2.76. The van der Waals surface area contributed by atoms with Crippen LogP contribution in [0, 0.1) is 19.1 Å². The number of rotatable bonds is 4. The third-order valence-electron chi connectivity index (χ3n) is 2.47. The van der Waals surface area contributed by atoms with E-state index in [1.165, 1.54) is 12.1 Å². The van der Waals surface area contributed by atoms with Gasteiger partial charge in [0, 0.05) is 15.7 Å². The molecule has 19 heavy (non-hydrogen) atoms. The van der Waals surface area contributed by atoms with Gasteiger partial charge in [0.05, 0.1) is 17.1 Å². The van der Waals surface area contributed by atoms with Gasteiger partial charge in [-0.05, 0) is 40.5 Å². The molecule has 5 nitrogen and oxygen atoms in total. The van der Waals surface area contributed by atoms with Crippen molar-refractivity contribution in [2.45, 2.75) is 27.2 Å². The van der Waals surface area contributed by atoms with Crippen LogP contribution in [0.2, 0.25) is 0 Å². The molecule has 0 saturated heterocycles. The van der Waals surface area contributed by atoms with Crippen LogP contribution in [0.4, 0.5) is 5.69 Å². The van der Waals surface area contributed by atoms with Crippen LogP contribution in [0.25, 0.3) is 0 Å². The number of non-ortho nitro benzene ring substituents is 1. The average molecular weight is 377 g/mol. The second-order valence-corrected chi connectivity index (χ2v) is 6.53. The van der Waals surface area contributed by atoms with E-state index in [1.807, 2.05) is 22.6 Å². The van der Waals surface area contributed by atoms with Crippen LogP contribution in [0.5, 0.6) is 0 Å². The van der Waals surface area contributed by atoms with Gasteiger partial charge in [0.1, 0.15) is 0 Å². The van der Waals surface area contributed by atoms with E-state index in [4.69, 9.17) is 4.74 Å². The highest BCUT2D eigenvalue weighted by Gasteiger charge is 2.18. The quantitative estimate of drug-likeness (QED) is 0.347. The summed E-state index contributed by atoms with van der Waals surface area (Å²) >= 11 is 1.96. The summed E-state index contributed by atoms with van der Waals surface area (Å²) in [6, 6.07) is 4.16. The summed E-state index contributed by atoms with van der Waals surface area (Å²) in [7, 11) is 0. The minimum Gasteiger partial charge on any atom is -0.462 e. The van der Waals surface area contributed by atoms with Gasteiger partial charge in [-0.15, -0.1) is 0 Å². The monoisotopic (exact) mass is 377 g/mol. The number of nitrogens with zero attached hydrogens (tertiary/aromatic N) is 1. The number of hydrogen-bond donors (Lipinski definition) is 0. The third kappa shape index (κ3) is 5.14. The molecule has 6 heteroatoms. The molecule has 0 spiro atoms. The summed E-state index contributed by atoms with van der Waals surface area (Å²) < 4.78 is 5.80. The molecule has 0 fully saturated rings. The summed E-state index contributed by atoms with van der Waals surface area (Å²) in [5, 5.41) is 10.7.